The lowest BCUT2D eigenvalue weighted by Gasteiger charge is -2.17. The molecule has 0 saturated carbocycles. The fourth-order valence-corrected chi connectivity index (χ4v) is 3.95. The maximum absolute atomic E-state index is 14.8. The number of nitrogens with one attached hydrogen (secondary N) is 1. The minimum absolute atomic E-state index is 0.183. The first-order chi connectivity index (χ1) is 17.4. The molecule has 0 aliphatic heterocycles. The number of ether oxygens (including phenoxy) is 1. The lowest BCUT2D eigenvalue weighted by Crippen LogP contribution is -2.19. The monoisotopic (exact) mass is 487 g/mol. The lowest BCUT2D eigenvalue weighted by molar-refractivity contribution is -0.120. The summed E-state index contributed by atoms with van der Waals surface area (Å²) >= 11 is 0. The molecule has 0 spiro atoms. The number of rotatable bonds is 10. The van der Waals surface area contributed by atoms with Crippen LogP contribution >= 0.6 is 0 Å². The number of methoxy groups -OCH3 is 1. The normalized spacial score (nSPS) is 16.1. The van der Waals surface area contributed by atoms with Gasteiger partial charge in [0.25, 0.3) is 0 Å². The molecular formula is C32H38FNO2. The van der Waals surface area contributed by atoms with Crippen LogP contribution in [0.5, 0.6) is 0 Å². The summed E-state index contributed by atoms with van der Waals surface area (Å²) in [6.45, 7) is 6.06. The van der Waals surface area contributed by atoms with E-state index in [4.69, 9.17) is 10.1 Å². The summed E-state index contributed by atoms with van der Waals surface area (Å²) in [5.74, 6) is -0.532. The SMILES string of the molecule is CCC.CO/C(=C/Cc1ccc(C2C=CC=CC2)cc1F)C(=O)C(C)/C(=C/C=N)Cc1ccccc1. The van der Waals surface area contributed by atoms with Gasteiger partial charge in [-0.2, -0.15) is 0 Å². The summed E-state index contributed by atoms with van der Waals surface area (Å²) in [6, 6.07) is 15.1. The number of carbonyl (C=O) groups is 1. The van der Waals surface area contributed by atoms with Crippen molar-refractivity contribution in [1.82, 2.24) is 0 Å². The largest absolute Gasteiger partial charge is 0.493 e. The van der Waals surface area contributed by atoms with Crippen molar-refractivity contribution in [3.8, 4) is 0 Å². The Kier molecular flexibility index (Phi) is 12.3. The molecule has 2 unspecified atom stereocenters. The van der Waals surface area contributed by atoms with Gasteiger partial charge in [-0.15, -0.1) is 0 Å². The Balaban J connectivity index is 0.00000145. The van der Waals surface area contributed by atoms with E-state index < -0.39 is 5.92 Å². The molecule has 0 fully saturated rings. The topological polar surface area (TPSA) is 50.2 Å². The van der Waals surface area contributed by atoms with E-state index in [2.05, 4.69) is 26.0 Å². The molecule has 190 valence electrons. The standard InChI is InChI=1S/C29H30FNO2.C3H8/c1-21(25(17-18-31)19-22-9-5-3-6-10-22)29(32)28(33-2)16-15-24-13-14-26(20-27(24)30)23-11-7-4-8-12-23;1-3-2/h3-11,13-14,16-18,20-21,23,31H,12,15,19H2,1-2H3;3H2,1-2H3/b25-17+,28-16+,31-18?;. The average molecular weight is 488 g/mol. The van der Waals surface area contributed by atoms with Crippen LogP contribution in [0.1, 0.15) is 56.2 Å². The molecule has 0 saturated heterocycles. The zero-order valence-electron chi connectivity index (χ0n) is 21.8. The van der Waals surface area contributed by atoms with Gasteiger partial charge in [-0.1, -0.05) is 99.5 Å². The predicted molar refractivity (Wildman–Crippen MR) is 148 cm³/mol. The van der Waals surface area contributed by atoms with Crippen molar-refractivity contribution in [1.29, 1.82) is 5.41 Å². The van der Waals surface area contributed by atoms with Crippen LogP contribution in [0.4, 0.5) is 4.39 Å². The number of Topliss-reactive ketones (excluding diaryl/α,β-unsaturated/α-hetero) is 1. The molecule has 0 heterocycles. The molecule has 0 aromatic heterocycles. The number of ketones is 1. The number of hydrogen-bond donors (Lipinski definition) is 1. The second-order valence-corrected chi connectivity index (χ2v) is 8.85. The highest BCUT2D eigenvalue weighted by molar-refractivity contribution is 5.97. The molecule has 0 radical (unpaired) electrons. The van der Waals surface area contributed by atoms with Crippen LogP contribution in [0.3, 0.4) is 0 Å². The molecule has 1 aliphatic carbocycles. The maximum Gasteiger partial charge on any atom is 0.203 e. The zero-order chi connectivity index (χ0) is 26.3. The number of hydrogen-bond acceptors (Lipinski definition) is 3. The highest BCUT2D eigenvalue weighted by Gasteiger charge is 2.22. The summed E-state index contributed by atoms with van der Waals surface area (Å²) in [4.78, 5) is 13.1. The lowest BCUT2D eigenvalue weighted by atomic mass is 9.89. The van der Waals surface area contributed by atoms with Gasteiger partial charge in [0.1, 0.15) is 5.82 Å². The highest BCUT2D eigenvalue weighted by Crippen LogP contribution is 2.27. The summed E-state index contributed by atoms with van der Waals surface area (Å²) in [6.07, 6.45) is 15.6. The third-order valence-electron chi connectivity index (χ3n) is 5.95. The van der Waals surface area contributed by atoms with Crippen molar-refractivity contribution < 1.29 is 13.9 Å². The highest BCUT2D eigenvalue weighted by atomic mass is 19.1. The Hall–Kier alpha value is -3.53. The van der Waals surface area contributed by atoms with Gasteiger partial charge in [-0.05, 0) is 54.2 Å². The van der Waals surface area contributed by atoms with E-state index in [1.807, 2.05) is 55.5 Å². The van der Waals surface area contributed by atoms with E-state index >= 15 is 0 Å². The Bertz CT molecular complexity index is 1110. The number of carbonyl (C=O) groups excluding carboxylic acids is 1. The minimum atomic E-state index is -0.462. The molecule has 0 amide bonds. The summed E-state index contributed by atoms with van der Waals surface area (Å²) in [5, 5.41) is 7.49. The van der Waals surface area contributed by atoms with Gasteiger partial charge in [0, 0.05) is 18.1 Å². The number of benzene rings is 2. The Morgan fingerprint density at radius 3 is 2.47 bits per heavy atom. The van der Waals surface area contributed by atoms with Crippen LogP contribution in [-0.4, -0.2) is 19.1 Å². The summed E-state index contributed by atoms with van der Waals surface area (Å²) in [7, 11) is 1.45. The molecule has 3 rings (SSSR count). The van der Waals surface area contributed by atoms with Crippen LogP contribution in [0.15, 0.2) is 96.3 Å². The summed E-state index contributed by atoms with van der Waals surface area (Å²) < 4.78 is 20.1. The molecule has 36 heavy (non-hydrogen) atoms. The van der Waals surface area contributed by atoms with E-state index in [1.54, 1.807) is 24.3 Å². The molecule has 3 nitrogen and oxygen atoms in total. The fraction of sp³-hybridized carbons (Fsp3) is 0.312. The van der Waals surface area contributed by atoms with Gasteiger partial charge in [0.05, 0.1) is 7.11 Å². The van der Waals surface area contributed by atoms with Gasteiger partial charge in [-0.25, -0.2) is 4.39 Å². The Morgan fingerprint density at radius 1 is 1.17 bits per heavy atom. The maximum atomic E-state index is 14.8. The molecule has 0 bridgehead atoms. The van der Waals surface area contributed by atoms with E-state index in [0.29, 0.717) is 12.0 Å². The molecule has 2 aromatic rings. The predicted octanol–water partition coefficient (Wildman–Crippen LogP) is 7.94. The number of halogens is 1. The van der Waals surface area contributed by atoms with Crippen molar-refractivity contribution >= 4 is 12.0 Å². The molecular weight excluding hydrogens is 449 g/mol. The smallest absolute Gasteiger partial charge is 0.203 e. The van der Waals surface area contributed by atoms with Crippen molar-refractivity contribution in [2.24, 2.45) is 5.92 Å². The van der Waals surface area contributed by atoms with Crippen LogP contribution in [0.25, 0.3) is 0 Å². The third-order valence-corrected chi connectivity index (χ3v) is 5.95. The second-order valence-electron chi connectivity index (χ2n) is 8.85. The van der Waals surface area contributed by atoms with Crippen LogP contribution in [-0.2, 0) is 22.4 Å². The molecule has 4 heteroatoms. The fourth-order valence-electron chi connectivity index (χ4n) is 3.95. The Morgan fingerprint density at radius 2 is 1.89 bits per heavy atom. The summed E-state index contributed by atoms with van der Waals surface area (Å²) in [5.41, 5.74) is 3.36. The first kappa shape index (κ1) is 28.7. The van der Waals surface area contributed by atoms with Crippen molar-refractivity contribution in [2.45, 2.75) is 52.4 Å². The van der Waals surface area contributed by atoms with Gasteiger partial charge in [-0.3, -0.25) is 4.79 Å². The first-order valence-electron chi connectivity index (χ1n) is 12.6. The minimum Gasteiger partial charge on any atom is -0.493 e. The van der Waals surface area contributed by atoms with Gasteiger partial charge < -0.3 is 10.1 Å². The quantitative estimate of drug-likeness (QED) is 0.210. The van der Waals surface area contributed by atoms with Gasteiger partial charge >= 0.3 is 0 Å². The molecule has 2 atom stereocenters. The zero-order valence-corrected chi connectivity index (χ0v) is 21.8. The Labute approximate surface area is 215 Å². The number of allylic oxidation sites excluding steroid dienone is 8. The first-order valence-corrected chi connectivity index (χ1v) is 12.6. The van der Waals surface area contributed by atoms with E-state index in [1.165, 1.54) is 19.7 Å². The van der Waals surface area contributed by atoms with Crippen molar-refractivity contribution in [3.05, 3.63) is 119 Å². The molecule has 2 aromatic carbocycles. The molecule has 1 N–H and O–H groups in total. The van der Waals surface area contributed by atoms with Gasteiger partial charge in [0.15, 0.2) is 5.76 Å². The van der Waals surface area contributed by atoms with E-state index in [-0.39, 0.29) is 29.7 Å². The second kappa shape index (κ2) is 15.5. The molecule has 1 aliphatic rings. The average Bonchev–Trinajstić information content (AvgIpc) is 2.90. The van der Waals surface area contributed by atoms with Crippen molar-refractivity contribution in [3.63, 3.8) is 0 Å². The van der Waals surface area contributed by atoms with Gasteiger partial charge in [0.2, 0.25) is 5.78 Å². The van der Waals surface area contributed by atoms with E-state index in [9.17, 15) is 9.18 Å². The van der Waals surface area contributed by atoms with Crippen LogP contribution in [0.2, 0.25) is 0 Å². The van der Waals surface area contributed by atoms with Crippen molar-refractivity contribution in [2.75, 3.05) is 7.11 Å². The third kappa shape index (κ3) is 8.60. The van der Waals surface area contributed by atoms with Crippen LogP contribution in [0, 0.1) is 17.1 Å². The van der Waals surface area contributed by atoms with Crippen LogP contribution < -0.4 is 0 Å². The van der Waals surface area contributed by atoms with E-state index in [0.717, 1.165) is 23.1 Å².